The molecule has 0 radical (unpaired) electrons. The van der Waals surface area contributed by atoms with Gasteiger partial charge in [-0.05, 0) is 30.3 Å². The fraction of sp³-hybridized carbons (Fsp3) is 0.133. The first-order valence-corrected chi connectivity index (χ1v) is 6.37. The van der Waals surface area contributed by atoms with Gasteiger partial charge in [0.2, 0.25) is 0 Å². The molecule has 21 heavy (non-hydrogen) atoms. The predicted octanol–water partition coefficient (Wildman–Crippen LogP) is 5.04. The van der Waals surface area contributed by atoms with E-state index in [1.165, 1.54) is 18.2 Å². The molecule has 0 aliphatic heterocycles. The van der Waals surface area contributed by atoms with E-state index < -0.39 is 17.8 Å². The van der Waals surface area contributed by atoms with Crippen LogP contribution >= 0.6 is 11.6 Å². The molecule has 0 fully saturated rings. The first-order valence-electron chi connectivity index (χ1n) is 5.99. The average molecular weight is 311 g/mol. The Morgan fingerprint density at radius 3 is 2.24 bits per heavy atom. The monoisotopic (exact) mass is 310 g/mol. The highest BCUT2D eigenvalue weighted by atomic mass is 35.5. The quantitative estimate of drug-likeness (QED) is 0.862. The smallest absolute Gasteiger partial charge is 0.366 e. The van der Waals surface area contributed by atoms with Crippen molar-refractivity contribution >= 4 is 17.3 Å². The number of rotatable bonds is 3. The lowest BCUT2D eigenvalue weighted by molar-refractivity contribution is -0.138. The second-order valence-corrected chi connectivity index (χ2v) is 4.73. The van der Waals surface area contributed by atoms with Crippen LogP contribution < -0.4 is 5.32 Å². The van der Waals surface area contributed by atoms with Crippen LogP contribution in [0.3, 0.4) is 0 Å². The zero-order chi connectivity index (χ0) is 15.5. The topological polar surface area (TPSA) is 35.8 Å². The number of anilines is 1. The van der Waals surface area contributed by atoms with Gasteiger partial charge in [0.1, 0.15) is 6.04 Å². The molecule has 0 saturated heterocycles. The molecule has 0 aliphatic rings. The van der Waals surface area contributed by atoms with Gasteiger partial charge < -0.3 is 5.32 Å². The molecule has 2 aromatic carbocycles. The molecule has 0 spiro atoms. The maximum absolute atomic E-state index is 13.0. The van der Waals surface area contributed by atoms with Gasteiger partial charge in [-0.1, -0.05) is 29.8 Å². The van der Waals surface area contributed by atoms with Crippen molar-refractivity contribution < 1.29 is 13.2 Å². The molecular formula is C15H10ClF3N2. The summed E-state index contributed by atoms with van der Waals surface area (Å²) in [6.07, 6.45) is -4.51. The number of alkyl halides is 3. The van der Waals surface area contributed by atoms with Gasteiger partial charge in [0.25, 0.3) is 0 Å². The summed E-state index contributed by atoms with van der Waals surface area (Å²) in [6, 6.07) is 12.1. The van der Waals surface area contributed by atoms with Crippen LogP contribution in [0.25, 0.3) is 0 Å². The van der Waals surface area contributed by atoms with E-state index in [4.69, 9.17) is 11.6 Å². The lowest BCUT2D eigenvalue weighted by Gasteiger charge is -2.18. The Balaban J connectivity index is 2.35. The molecule has 2 aromatic rings. The number of benzene rings is 2. The highest BCUT2D eigenvalue weighted by Gasteiger charge is 2.35. The Morgan fingerprint density at radius 2 is 1.67 bits per heavy atom. The summed E-state index contributed by atoms with van der Waals surface area (Å²) < 4.78 is 38.9. The number of halogens is 4. The summed E-state index contributed by atoms with van der Waals surface area (Å²) in [7, 11) is 0. The van der Waals surface area contributed by atoms with E-state index in [1.807, 2.05) is 6.07 Å². The largest absolute Gasteiger partial charge is 0.416 e. The highest BCUT2D eigenvalue weighted by Crippen LogP contribution is 2.35. The highest BCUT2D eigenvalue weighted by molar-refractivity contribution is 6.30. The fourth-order valence-electron chi connectivity index (χ4n) is 1.90. The third-order valence-corrected chi connectivity index (χ3v) is 3.11. The van der Waals surface area contributed by atoms with E-state index in [0.29, 0.717) is 10.7 Å². The summed E-state index contributed by atoms with van der Waals surface area (Å²) in [5.74, 6) is 0. The van der Waals surface area contributed by atoms with E-state index in [9.17, 15) is 18.4 Å². The van der Waals surface area contributed by atoms with Crippen molar-refractivity contribution in [3.05, 3.63) is 64.7 Å². The van der Waals surface area contributed by atoms with E-state index in [-0.39, 0.29) is 5.56 Å². The van der Waals surface area contributed by atoms with Crippen molar-refractivity contribution in [3.8, 4) is 6.07 Å². The van der Waals surface area contributed by atoms with E-state index in [0.717, 1.165) is 6.07 Å². The molecule has 0 aromatic heterocycles. The van der Waals surface area contributed by atoms with Gasteiger partial charge in [0, 0.05) is 16.3 Å². The van der Waals surface area contributed by atoms with Crippen molar-refractivity contribution in [2.75, 3.05) is 5.32 Å². The Hall–Kier alpha value is -2.19. The molecule has 108 valence electrons. The summed E-state index contributed by atoms with van der Waals surface area (Å²) in [5.41, 5.74) is -0.414. The predicted molar refractivity (Wildman–Crippen MR) is 74.9 cm³/mol. The second kappa shape index (κ2) is 6.06. The molecule has 1 N–H and O–H groups in total. The minimum Gasteiger partial charge on any atom is -0.366 e. The van der Waals surface area contributed by atoms with Crippen LogP contribution in [-0.4, -0.2) is 0 Å². The van der Waals surface area contributed by atoms with Gasteiger partial charge in [-0.25, -0.2) is 0 Å². The van der Waals surface area contributed by atoms with Crippen LogP contribution in [0.1, 0.15) is 17.2 Å². The molecule has 2 nitrogen and oxygen atoms in total. The Kier molecular flexibility index (Phi) is 4.39. The number of nitrogens with zero attached hydrogens (tertiary/aromatic N) is 1. The zero-order valence-corrected chi connectivity index (χ0v) is 11.4. The van der Waals surface area contributed by atoms with Crippen LogP contribution in [0.4, 0.5) is 18.9 Å². The van der Waals surface area contributed by atoms with Gasteiger partial charge in [0.05, 0.1) is 11.6 Å². The minimum absolute atomic E-state index is 0.109. The standard InChI is InChI=1S/C15H10ClF3N2/c16-10-5-7-11(8-6-10)21-14(9-20)12-3-1-2-4-13(12)15(17,18)19/h1-8,14,21H. The van der Waals surface area contributed by atoms with Gasteiger partial charge in [-0.2, -0.15) is 18.4 Å². The summed E-state index contributed by atoms with van der Waals surface area (Å²) in [5, 5.41) is 12.4. The van der Waals surface area contributed by atoms with E-state index in [2.05, 4.69) is 5.32 Å². The number of nitriles is 1. The second-order valence-electron chi connectivity index (χ2n) is 4.30. The number of hydrogen-bond donors (Lipinski definition) is 1. The van der Waals surface area contributed by atoms with Crippen molar-refractivity contribution in [3.63, 3.8) is 0 Å². The number of nitrogens with one attached hydrogen (secondary N) is 1. The van der Waals surface area contributed by atoms with Gasteiger partial charge in [0.15, 0.2) is 0 Å². The Morgan fingerprint density at radius 1 is 1.05 bits per heavy atom. The Labute approximate surface area is 124 Å². The molecule has 2 rings (SSSR count). The summed E-state index contributed by atoms with van der Waals surface area (Å²) in [6.45, 7) is 0. The molecule has 6 heteroatoms. The molecule has 0 bridgehead atoms. The molecule has 1 atom stereocenters. The first-order chi connectivity index (χ1) is 9.91. The van der Waals surface area contributed by atoms with E-state index >= 15 is 0 Å². The minimum atomic E-state index is -4.51. The lowest BCUT2D eigenvalue weighted by Crippen LogP contribution is -2.16. The van der Waals surface area contributed by atoms with Crippen molar-refractivity contribution in [2.45, 2.75) is 12.2 Å². The summed E-state index contributed by atoms with van der Waals surface area (Å²) in [4.78, 5) is 0. The van der Waals surface area contributed by atoms with Crippen molar-refractivity contribution in [1.29, 1.82) is 5.26 Å². The van der Waals surface area contributed by atoms with Crippen molar-refractivity contribution in [1.82, 2.24) is 0 Å². The molecule has 0 amide bonds. The lowest BCUT2D eigenvalue weighted by atomic mass is 10.0. The van der Waals surface area contributed by atoms with Crippen molar-refractivity contribution in [2.24, 2.45) is 0 Å². The van der Waals surface area contributed by atoms with Gasteiger partial charge in [-0.15, -0.1) is 0 Å². The van der Waals surface area contributed by atoms with E-state index in [1.54, 1.807) is 24.3 Å². The average Bonchev–Trinajstić information content (AvgIpc) is 2.46. The Bertz CT molecular complexity index is 660. The molecular weight excluding hydrogens is 301 g/mol. The maximum atomic E-state index is 13.0. The maximum Gasteiger partial charge on any atom is 0.416 e. The fourth-order valence-corrected chi connectivity index (χ4v) is 2.03. The zero-order valence-electron chi connectivity index (χ0n) is 10.7. The van der Waals surface area contributed by atoms with Crippen LogP contribution in [0.15, 0.2) is 48.5 Å². The molecule has 0 heterocycles. The van der Waals surface area contributed by atoms with Gasteiger partial charge >= 0.3 is 6.18 Å². The SMILES string of the molecule is N#CC(Nc1ccc(Cl)cc1)c1ccccc1C(F)(F)F. The normalized spacial score (nSPS) is 12.5. The van der Waals surface area contributed by atoms with Gasteiger partial charge in [-0.3, -0.25) is 0 Å². The summed E-state index contributed by atoms with van der Waals surface area (Å²) >= 11 is 5.74. The molecule has 1 unspecified atom stereocenters. The third kappa shape index (κ3) is 3.67. The van der Waals surface area contributed by atoms with Crippen LogP contribution in [0.5, 0.6) is 0 Å². The van der Waals surface area contributed by atoms with Crippen LogP contribution in [-0.2, 0) is 6.18 Å². The number of hydrogen-bond acceptors (Lipinski definition) is 2. The van der Waals surface area contributed by atoms with Crippen LogP contribution in [0, 0.1) is 11.3 Å². The molecule has 0 aliphatic carbocycles. The first kappa shape index (κ1) is 15.2. The molecule has 0 saturated carbocycles. The third-order valence-electron chi connectivity index (χ3n) is 2.86. The van der Waals surface area contributed by atoms with Crippen LogP contribution in [0.2, 0.25) is 5.02 Å².